The number of carbonyl (C=O) groups is 1. The molecule has 0 saturated heterocycles. The number of carboxylic acid groups (broad SMARTS) is 1. The lowest BCUT2D eigenvalue weighted by atomic mass is 9.90. The van der Waals surface area contributed by atoms with Gasteiger partial charge in [-0.15, -0.1) is 0 Å². The van der Waals surface area contributed by atoms with Crippen LogP contribution in [-0.2, 0) is 14.8 Å². The minimum Gasteiger partial charge on any atom is -0.480 e. The Kier molecular flexibility index (Phi) is 4.69. The first kappa shape index (κ1) is 14.3. The molecule has 0 radical (unpaired) electrons. The second kappa shape index (κ2) is 4.91. The van der Waals surface area contributed by atoms with Crippen LogP contribution in [0, 0.1) is 5.92 Å². The van der Waals surface area contributed by atoms with E-state index in [1.807, 2.05) is 13.8 Å². The van der Waals surface area contributed by atoms with Crippen molar-refractivity contribution in [1.82, 2.24) is 4.72 Å². The van der Waals surface area contributed by atoms with Crippen LogP contribution >= 0.6 is 0 Å². The third kappa shape index (κ3) is 4.59. The number of sulfonamides is 1. The number of carboxylic acids is 1. The van der Waals surface area contributed by atoms with Gasteiger partial charge in [0.15, 0.2) is 5.75 Å². The number of hydrogen-bond donors (Lipinski definition) is 3. The van der Waals surface area contributed by atoms with E-state index in [9.17, 15) is 13.2 Å². The molecular weight excluding hydrogens is 220 g/mol. The second-order valence-corrected chi connectivity index (χ2v) is 5.75. The van der Waals surface area contributed by atoms with Crippen LogP contribution in [0.5, 0.6) is 0 Å². The fourth-order valence-electron chi connectivity index (χ4n) is 0.949. The predicted octanol–water partition coefficient (Wildman–Crippen LogP) is -0.636. The third-order valence-corrected chi connectivity index (χ3v) is 3.80. The van der Waals surface area contributed by atoms with Gasteiger partial charge in [0.25, 0.3) is 0 Å². The van der Waals surface area contributed by atoms with E-state index in [1.54, 1.807) is 6.92 Å². The Labute approximate surface area is 89.9 Å². The summed E-state index contributed by atoms with van der Waals surface area (Å²) in [6.07, 6.45) is 0. The summed E-state index contributed by atoms with van der Waals surface area (Å²) in [5.74, 6) is -2.34. The molecule has 4 N–H and O–H groups in total. The molecule has 7 heteroatoms. The number of aliphatic carboxylic acids is 1. The highest BCUT2D eigenvalue weighted by Crippen LogP contribution is 2.16. The lowest BCUT2D eigenvalue weighted by Crippen LogP contribution is -2.55. The molecule has 0 amide bonds. The molecule has 0 heterocycles. The van der Waals surface area contributed by atoms with Crippen LogP contribution in [0.25, 0.3) is 0 Å². The molecule has 0 aromatic carbocycles. The number of nitrogens with two attached hydrogens (primary N) is 1. The predicted molar refractivity (Wildman–Crippen MR) is 56.9 cm³/mol. The Morgan fingerprint density at radius 1 is 1.53 bits per heavy atom. The molecule has 0 bridgehead atoms. The van der Waals surface area contributed by atoms with Crippen molar-refractivity contribution in [2.24, 2.45) is 11.7 Å². The molecule has 90 valence electrons. The van der Waals surface area contributed by atoms with Crippen LogP contribution in [0.4, 0.5) is 0 Å². The molecule has 6 nitrogen and oxygen atoms in total. The maximum Gasteiger partial charge on any atom is 0.320 e. The van der Waals surface area contributed by atoms with Crippen LogP contribution in [0.2, 0.25) is 0 Å². The lowest BCUT2D eigenvalue weighted by Gasteiger charge is -2.32. The largest absolute Gasteiger partial charge is 0.480 e. The van der Waals surface area contributed by atoms with Crippen molar-refractivity contribution >= 4 is 16.0 Å². The summed E-state index contributed by atoms with van der Waals surface area (Å²) in [7, 11) is -3.83. The van der Waals surface area contributed by atoms with Crippen molar-refractivity contribution in [2.45, 2.75) is 26.3 Å². The molecule has 15 heavy (non-hydrogen) atoms. The first-order valence-corrected chi connectivity index (χ1v) is 6.21. The van der Waals surface area contributed by atoms with Gasteiger partial charge in [-0.2, -0.15) is 0 Å². The van der Waals surface area contributed by atoms with E-state index in [1.165, 1.54) is 0 Å². The summed E-state index contributed by atoms with van der Waals surface area (Å²) in [5, 5.41) is 8.41. The average molecular weight is 238 g/mol. The summed E-state index contributed by atoms with van der Waals surface area (Å²) >= 11 is 0. The molecule has 0 fully saturated rings. The zero-order valence-electron chi connectivity index (χ0n) is 9.15. The van der Waals surface area contributed by atoms with Gasteiger partial charge in [-0.1, -0.05) is 13.8 Å². The zero-order valence-corrected chi connectivity index (χ0v) is 9.97. The van der Waals surface area contributed by atoms with Gasteiger partial charge < -0.3 is 10.8 Å². The highest BCUT2D eigenvalue weighted by atomic mass is 32.2. The van der Waals surface area contributed by atoms with E-state index >= 15 is 0 Å². The van der Waals surface area contributed by atoms with E-state index in [-0.39, 0.29) is 12.5 Å². The van der Waals surface area contributed by atoms with E-state index in [0.29, 0.717) is 0 Å². The Balaban J connectivity index is 4.77. The SMILES string of the molecule is CC(C)C(C)(CN)NS(=O)(=O)CC(=O)O. The van der Waals surface area contributed by atoms with Gasteiger partial charge in [0.1, 0.15) is 0 Å². The van der Waals surface area contributed by atoms with Crippen molar-refractivity contribution in [3.8, 4) is 0 Å². The fraction of sp³-hybridized carbons (Fsp3) is 0.875. The summed E-state index contributed by atoms with van der Waals surface area (Å²) in [6.45, 7) is 5.40. The molecule has 0 aliphatic rings. The average Bonchev–Trinajstić information content (AvgIpc) is 2.00. The summed E-state index contributed by atoms with van der Waals surface area (Å²) in [4.78, 5) is 10.3. The number of nitrogens with one attached hydrogen (secondary N) is 1. The summed E-state index contributed by atoms with van der Waals surface area (Å²) < 4.78 is 25.1. The Morgan fingerprint density at radius 2 is 2.00 bits per heavy atom. The molecule has 1 atom stereocenters. The Morgan fingerprint density at radius 3 is 2.27 bits per heavy atom. The standard InChI is InChI=1S/C8H18N2O4S/c1-6(2)8(3,5-9)10-15(13,14)4-7(11)12/h6,10H,4-5,9H2,1-3H3,(H,11,12). The topological polar surface area (TPSA) is 109 Å². The molecule has 0 aromatic heterocycles. The molecule has 0 spiro atoms. The quantitative estimate of drug-likeness (QED) is 0.570. The third-order valence-electron chi connectivity index (χ3n) is 2.40. The molecule has 0 aliphatic heterocycles. The van der Waals surface area contributed by atoms with Gasteiger partial charge in [-0.3, -0.25) is 4.79 Å². The van der Waals surface area contributed by atoms with Gasteiger partial charge >= 0.3 is 5.97 Å². The van der Waals surface area contributed by atoms with E-state index < -0.39 is 27.3 Å². The van der Waals surface area contributed by atoms with Crippen LogP contribution in [0.15, 0.2) is 0 Å². The minimum absolute atomic E-state index is 0.0222. The highest BCUT2D eigenvalue weighted by molar-refractivity contribution is 7.90. The Hall–Kier alpha value is -0.660. The molecule has 0 rings (SSSR count). The van der Waals surface area contributed by atoms with Gasteiger partial charge in [-0.25, -0.2) is 13.1 Å². The van der Waals surface area contributed by atoms with Gasteiger partial charge in [0, 0.05) is 12.1 Å². The molecule has 1 unspecified atom stereocenters. The van der Waals surface area contributed by atoms with Crippen molar-refractivity contribution < 1.29 is 18.3 Å². The molecule has 0 aliphatic carbocycles. The first-order chi connectivity index (χ1) is 6.63. The normalized spacial score (nSPS) is 16.3. The van der Waals surface area contributed by atoms with Crippen molar-refractivity contribution in [3.05, 3.63) is 0 Å². The number of rotatable bonds is 6. The summed E-state index contributed by atoms with van der Waals surface area (Å²) in [5.41, 5.74) is 4.66. The number of hydrogen-bond acceptors (Lipinski definition) is 4. The summed E-state index contributed by atoms with van der Waals surface area (Å²) in [6, 6.07) is 0. The van der Waals surface area contributed by atoms with Crippen LogP contribution in [0.3, 0.4) is 0 Å². The highest BCUT2D eigenvalue weighted by Gasteiger charge is 2.32. The molecular formula is C8H18N2O4S. The monoisotopic (exact) mass is 238 g/mol. The van der Waals surface area contributed by atoms with Crippen molar-refractivity contribution in [2.75, 3.05) is 12.3 Å². The molecule has 0 aromatic rings. The van der Waals surface area contributed by atoms with Crippen LogP contribution < -0.4 is 10.5 Å². The minimum atomic E-state index is -3.83. The maximum atomic E-state index is 11.4. The van der Waals surface area contributed by atoms with E-state index in [2.05, 4.69) is 4.72 Å². The Bertz CT molecular complexity index is 326. The maximum absolute atomic E-state index is 11.4. The van der Waals surface area contributed by atoms with Gasteiger partial charge in [0.05, 0.1) is 0 Å². The van der Waals surface area contributed by atoms with E-state index in [0.717, 1.165) is 0 Å². The van der Waals surface area contributed by atoms with Crippen LogP contribution in [-0.4, -0.2) is 37.3 Å². The van der Waals surface area contributed by atoms with Crippen molar-refractivity contribution in [1.29, 1.82) is 0 Å². The smallest absolute Gasteiger partial charge is 0.320 e. The van der Waals surface area contributed by atoms with Crippen LogP contribution in [0.1, 0.15) is 20.8 Å². The van der Waals surface area contributed by atoms with Crippen molar-refractivity contribution in [3.63, 3.8) is 0 Å². The van der Waals surface area contributed by atoms with Gasteiger partial charge in [-0.05, 0) is 12.8 Å². The first-order valence-electron chi connectivity index (χ1n) is 4.56. The van der Waals surface area contributed by atoms with E-state index in [4.69, 9.17) is 10.8 Å². The lowest BCUT2D eigenvalue weighted by molar-refractivity contribution is -0.134. The van der Waals surface area contributed by atoms with Gasteiger partial charge in [0.2, 0.25) is 10.0 Å². The second-order valence-electron chi connectivity index (χ2n) is 4.03. The molecule has 0 saturated carbocycles. The fourth-order valence-corrected chi connectivity index (χ4v) is 2.38. The zero-order chi connectivity index (χ0) is 12.3.